The molecular formula is C29H39NO4. The van der Waals surface area contributed by atoms with Crippen LogP contribution in [0.1, 0.15) is 81.0 Å². The topological polar surface area (TPSA) is 48.0 Å². The molecule has 2 aromatic carbocycles. The van der Waals surface area contributed by atoms with E-state index >= 15 is 0 Å². The van der Waals surface area contributed by atoms with Gasteiger partial charge < -0.3 is 19.1 Å². The number of carbonyl (C=O) groups is 1. The summed E-state index contributed by atoms with van der Waals surface area (Å²) in [6.45, 7) is 5.49. The minimum atomic E-state index is -0.149. The number of methoxy groups -OCH3 is 2. The molecule has 1 fully saturated rings. The van der Waals surface area contributed by atoms with Gasteiger partial charge in [0.1, 0.15) is 12.4 Å². The lowest BCUT2D eigenvalue weighted by molar-refractivity contribution is -0.136. The van der Waals surface area contributed by atoms with Crippen LogP contribution in [0, 0.1) is 5.92 Å². The van der Waals surface area contributed by atoms with E-state index in [2.05, 4.69) is 32.0 Å². The Morgan fingerprint density at radius 3 is 2.32 bits per heavy atom. The highest BCUT2D eigenvalue weighted by Crippen LogP contribution is 2.39. The van der Waals surface area contributed by atoms with E-state index in [1.165, 1.54) is 43.2 Å². The molecule has 0 unspecified atom stereocenters. The minimum absolute atomic E-state index is 0.149. The van der Waals surface area contributed by atoms with Gasteiger partial charge in [-0.05, 0) is 72.1 Å². The van der Waals surface area contributed by atoms with E-state index < -0.39 is 0 Å². The van der Waals surface area contributed by atoms with Crippen LogP contribution in [-0.4, -0.2) is 38.2 Å². The van der Waals surface area contributed by atoms with Crippen molar-refractivity contribution in [1.29, 1.82) is 0 Å². The highest BCUT2D eigenvalue weighted by molar-refractivity contribution is 5.77. The second-order valence-corrected chi connectivity index (χ2v) is 10.0. The average Bonchev–Trinajstić information content (AvgIpc) is 2.87. The number of benzene rings is 2. The summed E-state index contributed by atoms with van der Waals surface area (Å²) >= 11 is 0. The fourth-order valence-electron chi connectivity index (χ4n) is 5.39. The van der Waals surface area contributed by atoms with Crippen LogP contribution in [0.15, 0.2) is 36.4 Å². The smallest absolute Gasteiger partial charge is 0.223 e. The summed E-state index contributed by atoms with van der Waals surface area (Å²) in [5.41, 5.74) is 3.58. The molecule has 0 aromatic heterocycles. The van der Waals surface area contributed by atoms with E-state index in [4.69, 9.17) is 14.2 Å². The fraction of sp³-hybridized carbons (Fsp3) is 0.552. The molecule has 5 nitrogen and oxygen atoms in total. The summed E-state index contributed by atoms with van der Waals surface area (Å²) in [5, 5.41) is 0. The first-order valence-corrected chi connectivity index (χ1v) is 12.8. The van der Waals surface area contributed by atoms with Crippen LogP contribution in [0.3, 0.4) is 0 Å². The number of hydrogen-bond acceptors (Lipinski definition) is 4. The SMILES string of the molecule is COc1cc2c(cc1OC)[C@@H](COc1ccc(C(C)C)cc1)N(C(=O)CC1CCCCC1)CC2. The molecule has 5 heteroatoms. The molecule has 2 aliphatic rings. The van der Waals surface area contributed by atoms with Gasteiger partial charge in [-0.25, -0.2) is 0 Å². The van der Waals surface area contributed by atoms with E-state index in [1.807, 2.05) is 23.1 Å². The zero-order valence-corrected chi connectivity index (χ0v) is 21.1. The number of nitrogens with zero attached hydrogens (tertiary/aromatic N) is 1. The number of amides is 1. The maximum absolute atomic E-state index is 13.5. The Labute approximate surface area is 204 Å². The van der Waals surface area contributed by atoms with Gasteiger partial charge in [-0.15, -0.1) is 0 Å². The van der Waals surface area contributed by atoms with E-state index in [1.54, 1.807) is 14.2 Å². The Balaban J connectivity index is 1.58. The Hall–Kier alpha value is -2.69. The third-order valence-corrected chi connectivity index (χ3v) is 7.47. The van der Waals surface area contributed by atoms with Gasteiger partial charge in [0, 0.05) is 13.0 Å². The minimum Gasteiger partial charge on any atom is -0.493 e. The second-order valence-electron chi connectivity index (χ2n) is 10.0. The lowest BCUT2D eigenvalue weighted by atomic mass is 9.85. The Bertz CT molecular complexity index is 963. The number of ether oxygens (including phenoxy) is 3. The van der Waals surface area contributed by atoms with Crippen LogP contribution >= 0.6 is 0 Å². The lowest BCUT2D eigenvalue weighted by Gasteiger charge is -2.38. The number of hydrogen-bond donors (Lipinski definition) is 0. The molecule has 0 spiro atoms. The molecule has 1 aliphatic carbocycles. The highest BCUT2D eigenvalue weighted by Gasteiger charge is 2.34. The van der Waals surface area contributed by atoms with Crippen molar-refractivity contribution in [1.82, 2.24) is 4.90 Å². The molecule has 34 heavy (non-hydrogen) atoms. The second kappa shape index (κ2) is 11.2. The van der Waals surface area contributed by atoms with Crippen LogP contribution < -0.4 is 14.2 Å². The van der Waals surface area contributed by atoms with Crippen molar-refractivity contribution in [2.24, 2.45) is 5.92 Å². The van der Waals surface area contributed by atoms with Gasteiger partial charge in [0.2, 0.25) is 5.91 Å². The van der Waals surface area contributed by atoms with Crippen LogP contribution in [0.4, 0.5) is 0 Å². The Morgan fingerprint density at radius 2 is 1.68 bits per heavy atom. The average molecular weight is 466 g/mol. The van der Waals surface area contributed by atoms with E-state index in [9.17, 15) is 4.79 Å². The Morgan fingerprint density at radius 1 is 1.00 bits per heavy atom. The van der Waals surface area contributed by atoms with Crippen molar-refractivity contribution in [2.45, 2.75) is 70.8 Å². The van der Waals surface area contributed by atoms with Crippen molar-refractivity contribution in [3.8, 4) is 17.2 Å². The predicted molar refractivity (Wildman–Crippen MR) is 135 cm³/mol. The first-order valence-electron chi connectivity index (χ1n) is 12.8. The molecule has 1 amide bonds. The zero-order chi connectivity index (χ0) is 24.1. The fourth-order valence-corrected chi connectivity index (χ4v) is 5.39. The maximum atomic E-state index is 13.5. The summed E-state index contributed by atoms with van der Waals surface area (Å²) in [7, 11) is 3.31. The first kappa shape index (κ1) is 24.4. The molecule has 1 atom stereocenters. The molecule has 0 bridgehead atoms. The quantitative estimate of drug-likeness (QED) is 0.459. The van der Waals surface area contributed by atoms with Gasteiger partial charge in [-0.3, -0.25) is 4.79 Å². The van der Waals surface area contributed by atoms with Crippen LogP contribution in [0.2, 0.25) is 0 Å². The molecule has 184 valence electrons. The predicted octanol–water partition coefficient (Wildman–Crippen LogP) is 6.30. The highest BCUT2D eigenvalue weighted by atomic mass is 16.5. The van der Waals surface area contributed by atoms with Crippen molar-refractivity contribution in [3.05, 3.63) is 53.1 Å². The summed E-state index contributed by atoms with van der Waals surface area (Å²) in [4.78, 5) is 15.6. The lowest BCUT2D eigenvalue weighted by Crippen LogP contribution is -2.43. The van der Waals surface area contributed by atoms with Crippen molar-refractivity contribution < 1.29 is 19.0 Å². The third kappa shape index (κ3) is 5.51. The molecule has 4 rings (SSSR count). The van der Waals surface area contributed by atoms with Crippen molar-refractivity contribution in [2.75, 3.05) is 27.4 Å². The van der Waals surface area contributed by atoms with E-state index in [0.717, 1.165) is 23.5 Å². The van der Waals surface area contributed by atoms with E-state index in [0.29, 0.717) is 37.2 Å². The monoisotopic (exact) mass is 465 g/mol. The standard InChI is InChI=1S/C29H39NO4/c1-20(2)22-10-12-24(13-11-22)34-19-26-25-18-28(33-4)27(32-3)17-23(25)14-15-30(26)29(31)16-21-8-6-5-7-9-21/h10-13,17-18,20-21,26H,5-9,14-16,19H2,1-4H3/t26-/m1/s1. The van der Waals surface area contributed by atoms with Gasteiger partial charge in [0.15, 0.2) is 11.5 Å². The number of fused-ring (bicyclic) bond motifs is 1. The molecule has 0 saturated heterocycles. The normalized spacial score (nSPS) is 18.5. The molecule has 1 aliphatic heterocycles. The van der Waals surface area contributed by atoms with Crippen molar-refractivity contribution >= 4 is 5.91 Å². The third-order valence-electron chi connectivity index (χ3n) is 7.47. The van der Waals surface area contributed by atoms with E-state index in [-0.39, 0.29) is 11.9 Å². The molecule has 1 saturated carbocycles. The summed E-state index contributed by atoms with van der Waals surface area (Å²) in [6, 6.07) is 12.2. The van der Waals surface area contributed by atoms with Gasteiger partial charge >= 0.3 is 0 Å². The van der Waals surface area contributed by atoms with Gasteiger partial charge in [-0.2, -0.15) is 0 Å². The molecule has 0 radical (unpaired) electrons. The molecule has 0 N–H and O–H groups in total. The summed E-state index contributed by atoms with van der Waals surface area (Å²) < 4.78 is 17.4. The van der Waals surface area contributed by atoms with Gasteiger partial charge in [0.25, 0.3) is 0 Å². The molecule has 1 heterocycles. The largest absolute Gasteiger partial charge is 0.493 e. The zero-order valence-electron chi connectivity index (χ0n) is 21.1. The summed E-state index contributed by atoms with van der Waals surface area (Å²) in [5.74, 6) is 3.49. The maximum Gasteiger partial charge on any atom is 0.223 e. The summed E-state index contributed by atoms with van der Waals surface area (Å²) in [6.07, 6.45) is 7.59. The number of rotatable bonds is 8. The Kier molecular flexibility index (Phi) is 8.02. The van der Waals surface area contributed by atoms with Crippen molar-refractivity contribution in [3.63, 3.8) is 0 Å². The molecular weight excluding hydrogens is 426 g/mol. The van der Waals surface area contributed by atoms with Crippen LogP contribution in [-0.2, 0) is 11.2 Å². The van der Waals surface area contributed by atoms with Crippen LogP contribution in [0.5, 0.6) is 17.2 Å². The van der Waals surface area contributed by atoms with Crippen LogP contribution in [0.25, 0.3) is 0 Å². The molecule has 2 aromatic rings. The first-order chi connectivity index (χ1) is 16.5. The van der Waals surface area contributed by atoms with Gasteiger partial charge in [0.05, 0.1) is 20.3 Å². The number of carbonyl (C=O) groups excluding carboxylic acids is 1. The van der Waals surface area contributed by atoms with Gasteiger partial charge in [-0.1, -0.05) is 45.2 Å².